The Kier molecular flexibility index (Phi) is 4.72. The van der Waals surface area contributed by atoms with Crippen molar-refractivity contribution in [1.29, 1.82) is 0 Å². The van der Waals surface area contributed by atoms with E-state index in [0.717, 1.165) is 11.4 Å². The van der Waals surface area contributed by atoms with E-state index in [4.69, 9.17) is 0 Å². The minimum absolute atomic E-state index is 0.0272. The van der Waals surface area contributed by atoms with Crippen LogP contribution in [0.25, 0.3) is 5.78 Å². The number of thiophene rings is 1. The van der Waals surface area contributed by atoms with Crippen LogP contribution in [0.4, 0.5) is 0 Å². The first-order valence-electron chi connectivity index (χ1n) is 9.13. The smallest absolute Gasteiger partial charge is 0.252 e. The molecule has 26 heavy (non-hydrogen) atoms. The van der Waals surface area contributed by atoms with Crippen LogP contribution < -0.4 is 5.32 Å². The highest BCUT2D eigenvalue weighted by molar-refractivity contribution is 7.10. The molecule has 1 aliphatic carbocycles. The average molecular weight is 369 g/mol. The molecule has 0 aromatic carbocycles. The van der Waals surface area contributed by atoms with Crippen LogP contribution >= 0.6 is 11.3 Å². The first-order valence-corrected chi connectivity index (χ1v) is 10.0. The number of aryl methyl sites for hydroxylation is 2. The molecule has 1 amide bonds. The molecule has 136 valence electrons. The zero-order chi connectivity index (χ0) is 18.1. The molecule has 3 heterocycles. The van der Waals surface area contributed by atoms with Gasteiger partial charge in [-0.3, -0.25) is 4.79 Å². The summed E-state index contributed by atoms with van der Waals surface area (Å²) in [5.74, 6) is 1.56. The van der Waals surface area contributed by atoms with E-state index in [-0.39, 0.29) is 18.4 Å². The second-order valence-corrected chi connectivity index (χ2v) is 8.04. The average Bonchev–Trinajstić information content (AvgIpc) is 3.34. The fourth-order valence-corrected chi connectivity index (χ4v) is 4.70. The van der Waals surface area contributed by atoms with E-state index in [1.54, 1.807) is 15.9 Å². The largest absolute Gasteiger partial charge is 0.348 e. The molecule has 4 rings (SSSR count). The quantitative estimate of drug-likeness (QED) is 0.748. The van der Waals surface area contributed by atoms with Crippen LogP contribution in [0, 0.1) is 19.8 Å². The number of amides is 1. The van der Waals surface area contributed by atoms with E-state index < -0.39 is 0 Å². The van der Waals surface area contributed by atoms with Crippen molar-refractivity contribution in [2.45, 2.75) is 52.0 Å². The van der Waals surface area contributed by atoms with E-state index in [9.17, 15) is 4.79 Å². The SMILES string of the molecule is Cc1cc(C)n2nc(CC(=O)N[C@@H](c3cccs3)C3CCCC3)nc2n1. The first kappa shape index (κ1) is 17.1. The van der Waals surface area contributed by atoms with E-state index in [1.807, 2.05) is 19.9 Å². The Bertz CT molecular complexity index is 912. The van der Waals surface area contributed by atoms with Crippen molar-refractivity contribution in [3.63, 3.8) is 0 Å². The number of hydrogen-bond acceptors (Lipinski definition) is 5. The number of carbonyl (C=O) groups excluding carboxylic acids is 1. The molecule has 0 bridgehead atoms. The lowest BCUT2D eigenvalue weighted by Gasteiger charge is -2.23. The maximum Gasteiger partial charge on any atom is 0.252 e. The highest BCUT2D eigenvalue weighted by Gasteiger charge is 2.28. The van der Waals surface area contributed by atoms with Gasteiger partial charge in [-0.2, -0.15) is 4.98 Å². The van der Waals surface area contributed by atoms with Crippen molar-refractivity contribution in [3.05, 3.63) is 45.7 Å². The van der Waals surface area contributed by atoms with Crippen molar-refractivity contribution < 1.29 is 4.79 Å². The van der Waals surface area contributed by atoms with Gasteiger partial charge in [0.25, 0.3) is 5.78 Å². The molecule has 7 heteroatoms. The Labute approximate surface area is 156 Å². The van der Waals surface area contributed by atoms with Crippen LogP contribution in [0.15, 0.2) is 23.6 Å². The third-order valence-corrected chi connectivity index (χ3v) is 5.97. The molecule has 0 radical (unpaired) electrons. The molecule has 0 spiro atoms. The summed E-state index contributed by atoms with van der Waals surface area (Å²) < 4.78 is 1.70. The third kappa shape index (κ3) is 3.49. The standard InChI is InChI=1S/C19H23N5OS/c1-12-10-13(2)24-19(20-12)21-16(23-24)11-17(25)22-18(14-6-3-4-7-14)15-8-5-9-26-15/h5,8-10,14,18H,3-4,6-7,11H2,1-2H3,(H,22,25)/t18-/m1/s1. The highest BCUT2D eigenvalue weighted by atomic mass is 32.1. The normalized spacial score (nSPS) is 16.2. The zero-order valence-corrected chi connectivity index (χ0v) is 15.9. The van der Waals surface area contributed by atoms with Gasteiger partial charge in [0, 0.05) is 16.3 Å². The van der Waals surface area contributed by atoms with Gasteiger partial charge in [0.1, 0.15) is 0 Å². The predicted molar refractivity (Wildman–Crippen MR) is 101 cm³/mol. The molecule has 0 aliphatic heterocycles. The fourth-order valence-electron chi connectivity index (χ4n) is 3.83. The van der Waals surface area contributed by atoms with Crippen molar-refractivity contribution in [2.75, 3.05) is 0 Å². The van der Waals surface area contributed by atoms with Gasteiger partial charge in [-0.1, -0.05) is 18.9 Å². The number of hydrogen-bond donors (Lipinski definition) is 1. The van der Waals surface area contributed by atoms with E-state index >= 15 is 0 Å². The summed E-state index contributed by atoms with van der Waals surface area (Å²) in [6, 6.07) is 6.23. The van der Waals surface area contributed by atoms with Gasteiger partial charge < -0.3 is 5.32 Å². The van der Waals surface area contributed by atoms with Crippen LogP contribution in [0.5, 0.6) is 0 Å². The maximum atomic E-state index is 12.7. The van der Waals surface area contributed by atoms with Crippen molar-refractivity contribution in [2.24, 2.45) is 5.92 Å². The Balaban J connectivity index is 1.51. The van der Waals surface area contributed by atoms with Crippen LogP contribution in [0.3, 0.4) is 0 Å². The van der Waals surface area contributed by atoms with Crippen LogP contribution in [0.1, 0.15) is 53.8 Å². The Hall–Kier alpha value is -2.28. The zero-order valence-electron chi connectivity index (χ0n) is 15.1. The predicted octanol–water partition coefficient (Wildman–Crippen LogP) is 3.39. The summed E-state index contributed by atoms with van der Waals surface area (Å²) in [6.45, 7) is 3.90. The van der Waals surface area contributed by atoms with Gasteiger partial charge in [-0.15, -0.1) is 16.4 Å². The summed E-state index contributed by atoms with van der Waals surface area (Å²) in [6.07, 6.45) is 5.04. The number of nitrogens with one attached hydrogen (secondary N) is 1. The lowest BCUT2D eigenvalue weighted by molar-refractivity contribution is -0.121. The van der Waals surface area contributed by atoms with Gasteiger partial charge in [0.05, 0.1) is 12.5 Å². The van der Waals surface area contributed by atoms with Crippen molar-refractivity contribution in [1.82, 2.24) is 24.9 Å². The van der Waals surface area contributed by atoms with E-state index in [0.29, 0.717) is 17.5 Å². The summed E-state index contributed by atoms with van der Waals surface area (Å²) >= 11 is 1.71. The molecule has 1 N–H and O–H groups in total. The molecule has 6 nitrogen and oxygen atoms in total. The Morgan fingerprint density at radius 1 is 1.35 bits per heavy atom. The lowest BCUT2D eigenvalue weighted by Crippen LogP contribution is -2.33. The number of nitrogens with zero attached hydrogens (tertiary/aromatic N) is 4. The molecule has 0 saturated heterocycles. The molecular weight excluding hydrogens is 346 g/mol. The van der Waals surface area contributed by atoms with Gasteiger partial charge in [-0.25, -0.2) is 9.50 Å². The molecule has 1 saturated carbocycles. The number of aromatic nitrogens is 4. The topological polar surface area (TPSA) is 72.2 Å². The third-order valence-electron chi connectivity index (χ3n) is 5.02. The fraction of sp³-hybridized carbons (Fsp3) is 0.474. The molecule has 1 fully saturated rings. The number of fused-ring (bicyclic) bond motifs is 1. The molecular formula is C19H23N5OS. The van der Waals surface area contributed by atoms with Crippen molar-refractivity contribution in [3.8, 4) is 0 Å². The van der Waals surface area contributed by atoms with Gasteiger partial charge in [-0.05, 0) is 50.1 Å². The minimum atomic E-state index is -0.0272. The number of rotatable bonds is 5. The monoisotopic (exact) mass is 369 g/mol. The Morgan fingerprint density at radius 3 is 2.88 bits per heavy atom. The summed E-state index contributed by atoms with van der Waals surface area (Å²) in [5, 5.41) is 9.76. The van der Waals surface area contributed by atoms with E-state index in [2.05, 4.69) is 37.9 Å². The second kappa shape index (κ2) is 7.15. The van der Waals surface area contributed by atoms with Gasteiger partial charge >= 0.3 is 0 Å². The second-order valence-electron chi connectivity index (χ2n) is 7.06. The van der Waals surface area contributed by atoms with Gasteiger partial charge in [0.2, 0.25) is 5.91 Å². The summed E-state index contributed by atoms with van der Waals surface area (Å²) in [7, 11) is 0. The number of carbonyl (C=O) groups is 1. The molecule has 1 aliphatic rings. The Morgan fingerprint density at radius 2 is 2.15 bits per heavy atom. The summed E-state index contributed by atoms with van der Waals surface area (Å²) in [4.78, 5) is 22.7. The van der Waals surface area contributed by atoms with Crippen LogP contribution in [-0.4, -0.2) is 25.5 Å². The van der Waals surface area contributed by atoms with Crippen molar-refractivity contribution >= 4 is 23.0 Å². The lowest BCUT2D eigenvalue weighted by atomic mass is 9.96. The minimum Gasteiger partial charge on any atom is -0.348 e. The molecule has 3 aromatic heterocycles. The van der Waals surface area contributed by atoms with Crippen LogP contribution in [0.2, 0.25) is 0 Å². The molecule has 1 atom stereocenters. The molecule has 0 unspecified atom stereocenters. The summed E-state index contributed by atoms with van der Waals surface area (Å²) in [5.41, 5.74) is 1.87. The molecule has 3 aromatic rings. The van der Waals surface area contributed by atoms with E-state index in [1.165, 1.54) is 30.6 Å². The maximum absolute atomic E-state index is 12.7. The highest BCUT2D eigenvalue weighted by Crippen LogP contribution is 2.37. The van der Waals surface area contributed by atoms with Crippen LogP contribution in [-0.2, 0) is 11.2 Å². The van der Waals surface area contributed by atoms with Gasteiger partial charge in [0.15, 0.2) is 5.82 Å². The first-order chi connectivity index (χ1) is 12.6.